The topological polar surface area (TPSA) is 49.8 Å². The molecular formula is C17H24ClNO3. The molecule has 2 rings (SSSR count). The summed E-state index contributed by atoms with van der Waals surface area (Å²) in [6, 6.07) is 5.39. The molecule has 1 aromatic rings. The first-order valence-electron chi connectivity index (χ1n) is 7.74. The van der Waals surface area contributed by atoms with E-state index in [0.29, 0.717) is 30.3 Å². The molecule has 0 radical (unpaired) electrons. The molecule has 0 bridgehead atoms. The van der Waals surface area contributed by atoms with Crippen LogP contribution in [0.3, 0.4) is 0 Å². The molecule has 5 heteroatoms. The molecule has 0 unspecified atom stereocenters. The Bertz CT molecular complexity index is 519. The number of benzene rings is 1. The van der Waals surface area contributed by atoms with Gasteiger partial charge >= 0.3 is 0 Å². The highest BCUT2D eigenvalue weighted by molar-refractivity contribution is 6.31. The van der Waals surface area contributed by atoms with Crippen LogP contribution in [0.1, 0.15) is 31.7 Å². The number of aliphatic hydroxyl groups excluding tert-OH is 1. The maximum Gasteiger partial charge on any atom is 0.227 e. The number of ether oxygens (including phenoxy) is 1. The minimum absolute atomic E-state index is 0.00542. The van der Waals surface area contributed by atoms with Gasteiger partial charge < -0.3 is 14.7 Å². The Labute approximate surface area is 137 Å². The fourth-order valence-electron chi connectivity index (χ4n) is 2.93. The Balaban J connectivity index is 1.96. The quantitative estimate of drug-likeness (QED) is 0.905. The van der Waals surface area contributed by atoms with Crippen molar-refractivity contribution >= 4 is 17.5 Å². The molecule has 0 aliphatic carbocycles. The normalized spacial score (nSPS) is 17.4. The van der Waals surface area contributed by atoms with E-state index in [1.54, 1.807) is 13.2 Å². The van der Waals surface area contributed by atoms with Crippen LogP contribution in [-0.4, -0.2) is 42.7 Å². The Morgan fingerprint density at radius 2 is 2.09 bits per heavy atom. The molecule has 0 saturated carbocycles. The van der Waals surface area contributed by atoms with Crippen molar-refractivity contribution in [3.8, 4) is 5.75 Å². The van der Waals surface area contributed by atoms with Crippen LogP contribution in [0, 0.1) is 5.41 Å². The molecule has 0 spiro atoms. The average molecular weight is 326 g/mol. The molecule has 1 N–H and O–H groups in total. The lowest BCUT2D eigenvalue weighted by Gasteiger charge is -2.40. The number of hydrogen-bond donors (Lipinski definition) is 1. The van der Waals surface area contributed by atoms with Crippen molar-refractivity contribution in [3.05, 3.63) is 28.8 Å². The van der Waals surface area contributed by atoms with Gasteiger partial charge in [-0.1, -0.05) is 24.6 Å². The van der Waals surface area contributed by atoms with E-state index < -0.39 is 0 Å². The Morgan fingerprint density at radius 1 is 1.41 bits per heavy atom. The van der Waals surface area contributed by atoms with Gasteiger partial charge in [0.1, 0.15) is 5.75 Å². The number of aliphatic hydroxyl groups is 1. The molecular weight excluding hydrogens is 302 g/mol. The fraction of sp³-hybridized carbons (Fsp3) is 0.588. The van der Waals surface area contributed by atoms with Gasteiger partial charge in [-0.15, -0.1) is 0 Å². The molecule has 1 aliphatic rings. The van der Waals surface area contributed by atoms with E-state index >= 15 is 0 Å². The average Bonchev–Trinajstić information content (AvgIpc) is 2.56. The molecule has 0 atom stereocenters. The second kappa shape index (κ2) is 7.34. The van der Waals surface area contributed by atoms with Gasteiger partial charge in [-0.25, -0.2) is 0 Å². The van der Waals surface area contributed by atoms with Gasteiger partial charge in [-0.05, 0) is 42.4 Å². The molecule has 1 saturated heterocycles. The molecule has 0 aromatic heterocycles. The zero-order valence-corrected chi connectivity index (χ0v) is 14.0. The second-order valence-corrected chi connectivity index (χ2v) is 6.43. The number of piperidine rings is 1. The lowest BCUT2D eigenvalue weighted by molar-refractivity contribution is -0.133. The third kappa shape index (κ3) is 3.73. The summed E-state index contributed by atoms with van der Waals surface area (Å²) in [5.74, 6) is 0.782. The van der Waals surface area contributed by atoms with Gasteiger partial charge in [0.2, 0.25) is 5.91 Å². The van der Waals surface area contributed by atoms with Crippen LogP contribution in [0.4, 0.5) is 0 Å². The molecule has 1 amide bonds. The van der Waals surface area contributed by atoms with E-state index in [0.717, 1.165) is 24.8 Å². The molecule has 122 valence electrons. The van der Waals surface area contributed by atoms with Crippen molar-refractivity contribution < 1.29 is 14.6 Å². The first-order chi connectivity index (χ1) is 10.5. The van der Waals surface area contributed by atoms with Gasteiger partial charge in [-0.2, -0.15) is 0 Å². The SMILES string of the molecule is CCC1(CO)CCN(C(=O)Cc2ccc(OC)cc2Cl)CC1. The minimum Gasteiger partial charge on any atom is -0.497 e. The van der Waals surface area contributed by atoms with Crippen molar-refractivity contribution in [1.82, 2.24) is 4.90 Å². The first kappa shape index (κ1) is 17.1. The summed E-state index contributed by atoms with van der Waals surface area (Å²) in [6.07, 6.45) is 2.99. The number of halogens is 1. The molecule has 1 fully saturated rings. The van der Waals surface area contributed by atoms with Crippen molar-refractivity contribution in [1.29, 1.82) is 0 Å². The van der Waals surface area contributed by atoms with Crippen LogP contribution in [0.25, 0.3) is 0 Å². The lowest BCUT2D eigenvalue weighted by Crippen LogP contribution is -2.45. The van der Waals surface area contributed by atoms with Crippen LogP contribution in [0.15, 0.2) is 18.2 Å². The summed E-state index contributed by atoms with van der Waals surface area (Å²) < 4.78 is 5.12. The van der Waals surface area contributed by atoms with E-state index in [9.17, 15) is 9.90 Å². The zero-order chi connectivity index (χ0) is 16.2. The third-order valence-electron chi connectivity index (χ3n) is 4.86. The summed E-state index contributed by atoms with van der Waals surface area (Å²) in [7, 11) is 1.59. The van der Waals surface area contributed by atoms with E-state index in [1.807, 2.05) is 17.0 Å². The number of likely N-dealkylation sites (tertiary alicyclic amines) is 1. The molecule has 1 aromatic carbocycles. The van der Waals surface area contributed by atoms with Crippen molar-refractivity contribution in [2.45, 2.75) is 32.6 Å². The van der Waals surface area contributed by atoms with Crippen LogP contribution in [0.5, 0.6) is 5.75 Å². The number of hydrogen-bond acceptors (Lipinski definition) is 3. The zero-order valence-electron chi connectivity index (χ0n) is 13.3. The van der Waals surface area contributed by atoms with Crippen LogP contribution < -0.4 is 4.74 Å². The smallest absolute Gasteiger partial charge is 0.227 e. The second-order valence-electron chi connectivity index (χ2n) is 6.03. The summed E-state index contributed by atoms with van der Waals surface area (Å²) in [6.45, 7) is 3.72. The Kier molecular flexibility index (Phi) is 5.70. The number of carbonyl (C=O) groups excluding carboxylic acids is 1. The number of amides is 1. The number of methoxy groups -OCH3 is 1. The number of nitrogens with zero attached hydrogens (tertiary/aromatic N) is 1. The van der Waals surface area contributed by atoms with Crippen molar-refractivity contribution in [3.63, 3.8) is 0 Å². The van der Waals surface area contributed by atoms with Gasteiger partial charge in [0.15, 0.2) is 0 Å². The fourth-order valence-corrected chi connectivity index (χ4v) is 3.16. The Hall–Kier alpha value is -1.26. The van der Waals surface area contributed by atoms with Gasteiger partial charge in [0.25, 0.3) is 0 Å². The lowest BCUT2D eigenvalue weighted by atomic mass is 9.77. The largest absolute Gasteiger partial charge is 0.497 e. The monoisotopic (exact) mass is 325 g/mol. The molecule has 22 heavy (non-hydrogen) atoms. The van der Waals surface area contributed by atoms with Crippen molar-refractivity contribution in [2.24, 2.45) is 5.41 Å². The highest BCUT2D eigenvalue weighted by Gasteiger charge is 2.33. The maximum absolute atomic E-state index is 12.4. The van der Waals surface area contributed by atoms with Crippen LogP contribution >= 0.6 is 11.6 Å². The minimum atomic E-state index is -0.00542. The molecule has 1 heterocycles. The van der Waals surface area contributed by atoms with Crippen LogP contribution in [0.2, 0.25) is 5.02 Å². The van der Waals surface area contributed by atoms with Crippen molar-refractivity contribution in [2.75, 3.05) is 26.8 Å². The maximum atomic E-state index is 12.4. The van der Waals surface area contributed by atoms with Crippen LogP contribution in [-0.2, 0) is 11.2 Å². The third-order valence-corrected chi connectivity index (χ3v) is 5.22. The molecule has 1 aliphatic heterocycles. The summed E-state index contributed by atoms with van der Waals surface area (Å²) in [5.41, 5.74) is 0.816. The van der Waals surface area contributed by atoms with E-state index in [2.05, 4.69) is 6.92 Å². The summed E-state index contributed by atoms with van der Waals surface area (Å²) in [4.78, 5) is 14.3. The summed E-state index contributed by atoms with van der Waals surface area (Å²) >= 11 is 6.20. The first-order valence-corrected chi connectivity index (χ1v) is 8.12. The Morgan fingerprint density at radius 3 is 2.59 bits per heavy atom. The highest BCUT2D eigenvalue weighted by Crippen LogP contribution is 2.34. The van der Waals surface area contributed by atoms with Gasteiger partial charge in [-0.3, -0.25) is 4.79 Å². The van der Waals surface area contributed by atoms with Gasteiger partial charge in [0, 0.05) is 24.7 Å². The standard InChI is InChI=1S/C17H24ClNO3/c1-3-17(12-20)6-8-19(9-7-17)16(21)10-13-4-5-14(22-2)11-15(13)18/h4-5,11,20H,3,6-10,12H2,1-2H3. The summed E-state index contributed by atoms with van der Waals surface area (Å²) in [5, 5.41) is 10.1. The van der Waals surface area contributed by atoms with Gasteiger partial charge in [0.05, 0.1) is 13.5 Å². The van der Waals surface area contributed by atoms with E-state index in [4.69, 9.17) is 16.3 Å². The number of carbonyl (C=O) groups is 1. The number of rotatable bonds is 5. The van der Waals surface area contributed by atoms with E-state index in [1.165, 1.54) is 0 Å². The predicted molar refractivity (Wildman–Crippen MR) is 87.3 cm³/mol. The molecule has 4 nitrogen and oxygen atoms in total. The predicted octanol–water partition coefficient (Wildman–Crippen LogP) is 2.90. The highest BCUT2D eigenvalue weighted by atomic mass is 35.5. The van der Waals surface area contributed by atoms with E-state index in [-0.39, 0.29) is 17.9 Å².